The average Bonchev–Trinajstić information content (AvgIpc) is 2.64. The van der Waals surface area contributed by atoms with Gasteiger partial charge in [-0.1, -0.05) is 6.07 Å². The maximum atomic E-state index is 13.7. The molecule has 0 saturated carbocycles. The predicted molar refractivity (Wildman–Crippen MR) is 99.6 cm³/mol. The third kappa shape index (κ3) is 3.56. The number of benzene rings is 1. The first-order chi connectivity index (χ1) is 12.6. The number of aromatic nitrogens is 1. The minimum absolute atomic E-state index is 0.0718. The molecule has 0 N–H and O–H groups in total. The molecule has 136 valence electrons. The van der Waals surface area contributed by atoms with Gasteiger partial charge in [-0.2, -0.15) is 0 Å². The fraction of sp³-hybridized carbons (Fsp3) is 0.455. The molecule has 3 nitrogen and oxygen atoms in total. The Morgan fingerprint density at radius 3 is 2.77 bits per heavy atom. The van der Waals surface area contributed by atoms with Gasteiger partial charge in [0.25, 0.3) is 0 Å². The summed E-state index contributed by atoms with van der Waals surface area (Å²) in [7, 11) is 0. The summed E-state index contributed by atoms with van der Waals surface area (Å²) in [5.41, 5.74) is 2.54. The standard InChI is InChI=1S/C22H25FN2O/c1-15-9-18(12-19(23)10-15)22(26)13-20-17-4-7-25(8-5-17)21(20)11-16-3-2-6-24-14-16/h2-3,6,9-10,12,14,17,20-21H,4-5,7-8,11,13H2,1H3/t20-,21+/m1/s1. The maximum absolute atomic E-state index is 13.7. The number of nitrogens with zero attached hydrogens (tertiary/aromatic N) is 2. The lowest BCUT2D eigenvalue weighted by Crippen LogP contribution is -2.56. The number of Topliss-reactive ketones (excluding diaryl/α,β-unsaturated/α-hetero) is 1. The van der Waals surface area contributed by atoms with Crippen LogP contribution in [0.2, 0.25) is 0 Å². The van der Waals surface area contributed by atoms with Gasteiger partial charge in [-0.25, -0.2) is 4.39 Å². The molecule has 3 fully saturated rings. The SMILES string of the molecule is Cc1cc(F)cc(C(=O)C[C@@H]2C3CCN(CC3)[C@H]2Cc2cccnc2)c1. The molecule has 4 heteroatoms. The zero-order valence-corrected chi connectivity index (χ0v) is 15.2. The Labute approximate surface area is 154 Å². The van der Waals surface area contributed by atoms with Crippen molar-refractivity contribution in [2.45, 2.75) is 38.6 Å². The van der Waals surface area contributed by atoms with Gasteiger partial charge in [-0.15, -0.1) is 0 Å². The van der Waals surface area contributed by atoms with Gasteiger partial charge in [0.1, 0.15) is 5.82 Å². The molecule has 2 aromatic rings. The molecular weight excluding hydrogens is 327 g/mol. The van der Waals surface area contributed by atoms with Crippen molar-refractivity contribution in [1.29, 1.82) is 0 Å². The molecular formula is C22H25FN2O. The number of rotatable bonds is 5. The molecule has 0 radical (unpaired) electrons. The van der Waals surface area contributed by atoms with Crippen molar-refractivity contribution in [3.63, 3.8) is 0 Å². The van der Waals surface area contributed by atoms with Crippen LogP contribution in [-0.2, 0) is 6.42 Å². The van der Waals surface area contributed by atoms with Gasteiger partial charge in [0.05, 0.1) is 0 Å². The minimum Gasteiger partial charge on any atom is -0.300 e. The van der Waals surface area contributed by atoms with Crippen molar-refractivity contribution in [2.24, 2.45) is 11.8 Å². The Morgan fingerprint density at radius 1 is 1.27 bits per heavy atom. The molecule has 26 heavy (non-hydrogen) atoms. The van der Waals surface area contributed by atoms with Crippen LogP contribution in [0.3, 0.4) is 0 Å². The lowest BCUT2D eigenvalue weighted by molar-refractivity contribution is -0.0112. The van der Waals surface area contributed by atoms with E-state index in [1.165, 1.54) is 30.5 Å². The van der Waals surface area contributed by atoms with Crippen LogP contribution in [0.15, 0.2) is 42.7 Å². The average molecular weight is 352 g/mol. The van der Waals surface area contributed by atoms with Crippen LogP contribution in [0.1, 0.15) is 40.7 Å². The largest absolute Gasteiger partial charge is 0.300 e. The Morgan fingerprint density at radius 2 is 2.08 bits per heavy atom. The van der Waals surface area contributed by atoms with Gasteiger partial charge in [0.2, 0.25) is 0 Å². The van der Waals surface area contributed by atoms with E-state index in [9.17, 15) is 9.18 Å². The van der Waals surface area contributed by atoms with E-state index in [1.54, 1.807) is 6.20 Å². The lowest BCUT2D eigenvalue weighted by Gasteiger charge is -2.51. The highest BCUT2D eigenvalue weighted by Crippen LogP contribution is 2.40. The number of fused-ring (bicyclic) bond motifs is 3. The number of halogens is 1. The molecule has 1 aromatic heterocycles. The molecule has 0 unspecified atom stereocenters. The van der Waals surface area contributed by atoms with Crippen LogP contribution in [0.5, 0.6) is 0 Å². The van der Waals surface area contributed by atoms with E-state index in [2.05, 4.69) is 16.0 Å². The van der Waals surface area contributed by atoms with Crippen molar-refractivity contribution < 1.29 is 9.18 Å². The van der Waals surface area contributed by atoms with Crippen LogP contribution in [0.4, 0.5) is 4.39 Å². The van der Waals surface area contributed by atoms with Crippen LogP contribution >= 0.6 is 0 Å². The van der Waals surface area contributed by atoms with Gasteiger partial charge in [-0.3, -0.25) is 14.7 Å². The Hall–Kier alpha value is -2.07. The van der Waals surface area contributed by atoms with Gasteiger partial charge < -0.3 is 0 Å². The van der Waals surface area contributed by atoms with E-state index >= 15 is 0 Å². The highest BCUT2D eigenvalue weighted by molar-refractivity contribution is 5.96. The molecule has 3 aliphatic rings. The van der Waals surface area contributed by atoms with Crippen molar-refractivity contribution in [1.82, 2.24) is 9.88 Å². The van der Waals surface area contributed by atoms with Crippen molar-refractivity contribution in [3.05, 3.63) is 65.2 Å². The predicted octanol–water partition coefficient (Wildman–Crippen LogP) is 4.06. The van der Waals surface area contributed by atoms with E-state index in [-0.39, 0.29) is 11.6 Å². The number of carbonyl (C=O) groups is 1. The monoisotopic (exact) mass is 352 g/mol. The third-order valence-electron chi connectivity index (χ3n) is 6.10. The second-order valence-corrected chi connectivity index (χ2v) is 7.81. The minimum atomic E-state index is -0.325. The summed E-state index contributed by atoms with van der Waals surface area (Å²) >= 11 is 0. The first kappa shape index (κ1) is 17.3. The number of pyridine rings is 1. The Balaban J connectivity index is 1.55. The fourth-order valence-electron chi connectivity index (χ4n) is 4.84. The van der Waals surface area contributed by atoms with E-state index in [0.29, 0.717) is 29.9 Å². The third-order valence-corrected chi connectivity index (χ3v) is 6.10. The molecule has 0 amide bonds. The summed E-state index contributed by atoms with van der Waals surface area (Å²) in [6, 6.07) is 9.13. The normalized spacial score (nSPS) is 27.5. The number of ketones is 1. The van der Waals surface area contributed by atoms with Crippen LogP contribution in [-0.4, -0.2) is 34.8 Å². The van der Waals surface area contributed by atoms with E-state index in [1.807, 2.05) is 25.3 Å². The number of piperidine rings is 3. The van der Waals surface area contributed by atoms with Crippen LogP contribution in [0, 0.1) is 24.6 Å². The van der Waals surface area contributed by atoms with Gasteiger partial charge in [0, 0.05) is 30.4 Å². The van der Waals surface area contributed by atoms with Crippen molar-refractivity contribution in [3.8, 4) is 0 Å². The second kappa shape index (κ2) is 7.28. The molecule has 4 heterocycles. The molecule has 0 aliphatic carbocycles. The zero-order valence-electron chi connectivity index (χ0n) is 15.2. The number of aryl methyl sites for hydroxylation is 1. The van der Waals surface area contributed by atoms with Crippen LogP contribution < -0.4 is 0 Å². The topological polar surface area (TPSA) is 33.2 Å². The first-order valence-electron chi connectivity index (χ1n) is 9.53. The summed E-state index contributed by atoms with van der Waals surface area (Å²) in [6.45, 7) is 4.08. The van der Waals surface area contributed by atoms with Crippen LogP contribution in [0.25, 0.3) is 0 Å². The molecule has 2 atom stereocenters. The molecule has 2 bridgehead atoms. The van der Waals surface area contributed by atoms with Gasteiger partial charge >= 0.3 is 0 Å². The summed E-state index contributed by atoms with van der Waals surface area (Å²) in [5.74, 6) is 0.686. The smallest absolute Gasteiger partial charge is 0.163 e. The number of hydrogen-bond donors (Lipinski definition) is 0. The van der Waals surface area contributed by atoms with E-state index in [4.69, 9.17) is 0 Å². The molecule has 0 spiro atoms. The summed E-state index contributed by atoms with van der Waals surface area (Å²) in [5, 5.41) is 0. The lowest BCUT2D eigenvalue weighted by atomic mass is 9.70. The zero-order chi connectivity index (χ0) is 18.1. The van der Waals surface area contributed by atoms with E-state index in [0.717, 1.165) is 25.1 Å². The highest BCUT2D eigenvalue weighted by atomic mass is 19.1. The maximum Gasteiger partial charge on any atom is 0.163 e. The van der Waals surface area contributed by atoms with Crippen molar-refractivity contribution >= 4 is 5.78 Å². The quantitative estimate of drug-likeness (QED) is 0.761. The number of hydrogen-bond acceptors (Lipinski definition) is 3. The molecule has 5 rings (SSSR count). The van der Waals surface area contributed by atoms with Crippen molar-refractivity contribution in [2.75, 3.05) is 13.1 Å². The number of carbonyl (C=O) groups excluding carboxylic acids is 1. The first-order valence-corrected chi connectivity index (χ1v) is 9.53. The molecule has 1 aromatic carbocycles. The molecule has 3 aliphatic heterocycles. The fourth-order valence-corrected chi connectivity index (χ4v) is 4.84. The Kier molecular flexibility index (Phi) is 4.86. The second-order valence-electron chi connectivity index (χ2n) is 7.81. The molecule has 3 saturated heterocycles. The van der Waals surface area contributed by atoms with Gasteiger partial charge in [-0.05, 0) is 86.5 Å². The highest BCUT2D eigenvalue weighted by Gasteiger charge is 2.42. The van der Waals surface area contributed by atoms with E-state index < -0.39 is 0 Å². The van der Waals surface area contributed by atoms with Gasteiger partial charge in [0.15, 0.2) is 5.78 Å². The summed E-state index contributed by atoms with van der Waals surface area (Å²) in [6.07, 6.45) is 7.51. The summed E-state index contributed by atoms with van der Waals surface area (Å²) < 4.78 is 13.7. The summed E-state index contributed by atoms with van der Waals surface area (Å²) in [4.78, 5) is 19.7. The Bertz CT molecular complexity index is 764.